The third-order valence-electron chi connectivity index (χ3n) is 8.43. The second kappa shape index (κ2) is 6.19. The maximum atomic E-state index is 11.9. The van der Waals surface area contributed by atoms with Crippen LogP contribution in [0.1, 0.15) is 72.1 Å². The lowest BCUT2D eigenvalue weighted by Gasteiger charge is -2.58. The molecule has 3 saturated carbocycles. The molecule has 0 radical (unpaired) electrons. The van der Waals surface area contributed by atoms with Crippen LogP contribution in [0.15, 0.2) is 11.6 Å². The van der Waals surface area contributed by atoms with E-state index in [1.165, 1.54) is 5.57 Å². The Hall–Kier alpha value is -1.16. The Morgan fingerprint density at radius 1 is 1.27 bits per heavy atom. The third-order valence-corrected chi connectivity index (χ3v) is 8.43. The highest BCUT2D eigenvalue weighted by Gasteiger charge is 2.62. The van der Waals surface area contributed by atoms with Crippen LogP contribution in [-0.4, -0.2) is 29.1 Å². The molecular weight excluding hydrogens is 328 g/mol. The predicted molar refractivity (Wildman–Crippen MR) is 98.3 cm³/mol. The van der Waals surface area contributed by atoms with Gasteiger partial charge in [0.1, 0.15) is 6.10 Å². The van der Waals surface area contributed by atoms with Crippen molar-refractivity contribution in [3.8, 4) is 0 Å². The molecule has 1 N–H and O–H groups in total. The third kappa shape index (κ3) is 2.51. The Morgan fingerprint density at radius 3 is 2.77 bits per heavy atom. The quantitative estimate of drug-likeness (QED) is 0.761. The first-order valence-electron chi connectivity index (χ1n) is 10.4. The second-order valence-electron chi connectivity index (χ2n) is 9.57. The largest absolute Gasteiger partial charge is 0.462 e. The van der Waals surface area contributed by atoms with Crippen molar-refractivity contribution in [3.63, 3.8) is 0 Å². The van der Waals surface area contributed by atoms with Gasteiger partial charge in [-0.2, -0.15) is 0 Å². The van der Waals surface area contributed by atoms with Crippen LogP contribution in [0, 0.1) is 28.6 Å². The van der Waals surface area contributed by atoms with E-state index in [2.05, 4.69) is 13.8 Å². The summed E-state index contributed by atoms with van der Waals surface area (Å²) in [6.45, 7) is 6.40. The van der Waals surface area contributed by atoms with Crippen molar-refractivity contribution in [3.05, 3.63) is 11.6 Å². The van der Waals surface area contributed by atoms with Crippen molar-refractivity contribution in [1.29, 1.82) is 0 Å². The van der Waals surface area contributed by atoms with Gasteiger partial charge < -0.3 is 9.84 Å². The van der Waals surface area contributed by atoms with Crippen molar-refractivity contribution in [2.75, 3.05) is 0 Å². The van der Waals surface area contributed by atoms with Gasteiger partial charge in [-0.3, -0.25) is 9.59 Å². The van der Waals surface area contributed by atoms with E-state index in [0.29, 0.717) is 31.1 Å². The molecule has 1 unspecified atom stereocenters. The van der Waals surface area contributed by atoms with Gasteiger partial charge in [0.05, 0.1) is 6.10 Å². The average molecular weight is 360 g/mol. The van der Waals surface area contributed by atoms with Crippen molar-refractivity contribution in [1.82, 2.24) is 0 Å². The minimum absolute atomic E-state index is 0.107. The van der Waals surface area contributed by atoms with Crippen LogP contribution in [0.5, 0.6) is 0 Å². The summed E-state index contributed by atoms with van der Waals surface area (Å²) in [5.41, 5.74) is 1.34. The Kier molecular flexibility index (Phi) is 4.33. The number of carbonyl (C=O) groups is 2. The molecule has 0 aromatic carbocycles. The molecule has 144 valence electrons. The standard InChI is InChI=1S/C22H32O4/c1-4-19(25)26-18-12-17(24)20-15-6-5-13-11-14(23)7-9-21(13,2)16(15)8-10-22(18,20)3/h11,15-18,20,24H,4-10,12H2,1-3H3/t15-,16+,17?,18+,20-,21+,22-/m1/s1. The lowest BCUT2D eigenvalue weighted by atomic mass is 9.47. The fraction of sp³-hybridized carbons (Fsp3) is 0.818. The number of hydrogen-bond acceptors (Lipinski definition) is 4. The highest BCUT2D eigenvalue weighted by molar-refractivity contribution is 5.91. The first kappa shape index (κ1) is 18.2. The molecule has 4 aliphatic rings. The van der Waals surface area contributed by atoms with Crippen LogP contribution in [0.2, 0.25) is 0 Å². The summed E-state index contributed by atoms with van der Waals surface area (Å²) in [5.74, 6) is 1.32. The minimum atomic E-state index is -0.387. The lowest BCUT2D eigenvalue weighted by molar-refractivity contribution is -0.160. The molecule has 0 aromatic heterocycles. The molecule has 0 bridgehead atoms. The van der Waals surface area contributed by atoms with E-state index in [4.69, 9.17) is 4.74 Å². The number of esters is 1. The molecule has 0 aliphatic heterocycles. The molecule has 0 spiro atoms. The highest BCUT2D eigenvalue weighted by Crippen LogP contribution is 2.65. The monoisotopic (exact) mass is 360 g/mol. The summed E-state index contributed by atoms with van der Waals surface area (Å²) in [7, 11) is 0. The van der Waals surface area contributed by atoms with Crippen LogP contribution in [0.25, 0.3) is 0 Å². The number of ether oxygens (including phenoxy) is 1. The summed E-state index contributed by atoms with van der Waals surface area (Å²) in [6.07, 6.45) is 8.07. The van der Waals surface area contributed by atoms with E-state index in [-0.39, 0.29) is 40.7 Å². The fourth-order valence-corrected chi connectivity index (χ4v) is 7.00. The smallest absolute Gasteiger partial charge is 0.305 e. The Bertz CT molecular complexity index is 653. The Balaban J connectivity index is 1.63. The summed E-state index contributed by atoms with van der Waals surface area (Å²) in [6, 6.07) is 0. The average Bonchev–Trinajstić information content (AvgIpc) is 2.86. The summed E-state index contributed by atoms with van der Waals surface area (Å²) in [4.78, 5) is 23.8. The van der Waals surface area contributed by atoms with Gasteiger partial charge >= 0.3 is 5.97 Å². The van der Waals surface area contributed by atoms with Crippen LogP contribution < -0.4 is 0 Å². The molecule has 4 nitrogen and oxygen atoms in total. The van der Waals surface area contributed by atoms with Gasteiger partial charge in [-0.1, -0.05) is 26.3 Å². The molecule has 0 saturated heterocycles. The van der Waals surface area contributed by atoms with E-state index in [9.17, 15) is 14.7 Å². The molecule has 26 heavy (non-hydrogen) atoms. The number of ketones is 1. The number of aliphatic hydroxyl groups excluding tert-OH is 1. The van der Waals surface area contributed by atoms with Crippen LogP contribution in [0.4, 0.5) is 0 Å². The maximum Gasteiger partial charge on any atom is 0.305 e. The van der Waals surface area contributed by atoms with Gasteiger partial charge in [-0.25, -0.2) is 0 Å². The normalized spacial score (nSPS) is 47.5. The Labute approximate surface area is 156 Å². The van der Waals surface area contributed by atoms with Gasteiger partial charge in [-0.15, -0.1) is 0 Å². The van der Waals surface area contributed by atoms with Gasteiger partial charge in [0.2, 0.25) is 0 Å². The van der Waals surface area contributed by atoms with Crippen molar-refractivity contribution in [2.45, 2.75) is 84.3 Å². The first-order chi connectivity index (χ1) is 12.3. The van der Waals surface area contributed by atoms with Crippen molar-refractivity contribution in [2.24, 2.45) is 28.6 Å². The highest BCUT2D eigenvalue weighted by atomic mass is 16.5. The fourth-order valence-electron chi connectivity index (χ4n) is 7.00. The van der Waals surface area contributed by atoms with E-state index >= 15 is 0 Å². The predicted octanol–water partition coefficient (Wildman–Crippen LogP) is 3.81. The number of fused-ring (bicyclic) bond motifs is 5. The van der Waals surface area contributed by atoms with E-state index in [1.54, 1.807) is 0 Å². The molecule has 7 atom stereocenters. The van der Waals surface area contributed by atoms with Crippen LogP contribution >= 0.6 is 0 Å². The van der Waals surface area contributed by atoms with E-state index in [0.717, 1.165) is 32.1 Å². The zero-order valence-corrected chi connectivity index (χ0v) is 16.3. The minimum Gasteiger partial charge on any atom is -0.462 e. The number of hydrogen-bond donors (Lipinski definition) is 1. The number of rotatable bonds is 2. The molecule has 4 aliphatic carbocycles. The molecule has 0 aromatic rings. The SMILES string of the molecule is CCC(=O)O[C@H]1CC(O)[C@H]2[C@@H]3CCC4=CC(=O)CC[C@]4(C)[C@H]3CC[C@]12C. The number of carbonyl (C=O) groups excluding carboxylic acids is 2. The molecular formula is C22H32O4. The molecule has 4 heteroatoms. The second-order valence-corrected chi connectivity index (χ2v) is 9.57. The lowest BCUT2D eigenvalue weighted by Crippen LogP contribution is -2.53. The van der Waals surface area contributed by atoms with E-state index < -0.39 is 0 Å². The maximum absolute atomic E-state index is 11.9. The van der Waals surface area contributed by atoms with Gasteiger partial charge in [0, 0.05) is 24.7 Å². The summed E-state index contributed by atoms with van der Waals surface area (Å²) >= 11 is 0. The van der Waals surface area contributed by atoms with Crippen molar-refractivity contribution >= 4 is 11.8 Å². The van der Waals surface area contributed by atoms with Gasteiger partial charge in [0.15, 0.2) is 5.78 Å². The van der Waals surface area contributed by atoms with Gasteiger partial charge in [-0.05, 0) is 61.3 Å². The summed E-state index contributed by atoms with van der Waals surface area (Å²) < 4.78 is 5.77. The zero-order chi connectivity index (χ0) is 18.7. The van der Waals surface area contributed by atoms with E-state index in [1.807, 2.05) is 13.0 Å². The molecule has 0 amide bonds. The topological polar surface area (TPSA) is 63.6 Å². The van der Waals surface area contributed by atoms with Gasteiger partial charge in [0.25, 0.3) is 0 Å². The molecule has 0 heterocycles. The summed E-state index contributed by atoms with van der Waals surface area (Å²) in [5, 5.41) is 10.9. The first-order valence-corrected chi connectivity index (χ1v) is 10.4. The molecule has 4 rings (SSSR count). The zero-order valence-electron chi connectivity index (χ0n) is 16.3. The van der Waals surface area contributed by atoms with Crippen molar-refractivity contribution < 1.29 is 19.4 Å². The van der Waals surface area contributed by atoms with Crippen LogP contribution in [-0.2, 0) is 14.3 Å². The number of aliphatic hydroxyl groups is 1. The Morgan fingerprint density at radius 2 is 2.04 bits per heavy atom. The van der Waals surface area contributed by atoms with Crippen LogP contribution in [0.3, 0.4) is 0 Å². The molecule has 3 fully saturated rings. The number of allylic oxidation sites excluding steroid dienone is 1.